The monoisotopic (exact) mass is 233 g/mol. The first-order valence-electron chi connectivity index (χ1n) is 4.49. The number of amides is 1. The molecule has 15 heavy (non-hydrogen) atoms. The molecule has 86 valence electrons. The number of hydrogen-bond donors (Lipinski definition) is 3. The quantitative estimate of drug-likeness (QED) is 0.598. The summed E-state index contributed by atoms with van der Waals surface area (Å²) in [5.41, 5.74) is 0. The number of nitrogens with one attached hydrogen (secondary N) is 1. The summed E-state index contributed by atoms with van der Waals surface area (Å²) in [5.74, 6) is -1.40. The van der Waals surface area contributed by atoms with Crippen LogP contribution >= 0.6 is 11.8 Å². The van der Waals surface area contributed by atoms with Crippen molar-refractivity contribution in [2.45, 2.75) is 26.3 Å². The van der Waals surface area contributed by atoms with E-state index in [2.05, 4.69) is 5.32 Å². The topological polar surface area (TPSA) is 86.6 Å². The van der Waals surface area contributed by atoms with Crippen molar-refractivity contribution in [1.29, 1.82) is 0 Å². The van der Waals surface area contributed by atoms with Gasteiger partial charge >= 0.3 is 5.97 Å². The number of rotatable bonds is 6. The molecule has 0 aromatic carbocycles. The first-order chi connectivity index (χ1) is 6.97. The molecule has 0 fully saturated rings. The number of aliphatic hydroxyl groups is 1. The molecule has 6 heteroatoms. The Morgan fingerprint density at radius 2 is 2.07 bits per heavy atom. The summed E-state index contributed by atoms with van der Waals surface area (Å²) in [6, 6.07) is -0.972. The minimum Gasteiger partial charge on any atom is -0.502 e. The van der Waals surface area contributed by atoms with Crippen LogP contribution in [0.15, 0.2) is 11.2 Å². The molecular formula is C9H15NO4S. The standard InChI is InChI=1S/C9H15NO4S/c1-3-4-8(12)15-5-7(9(13)14)10-6(2)11/h4,7,12H,3,5H2,1-2H3,(H,10,11)(H,13,14)/b8-4+/t7-/m0/s1. The highest BCUT2D eigenvalue weighted by atomic mass is 32.2. The first kappa shape index (κ1) is 13.8. The van der Waals surface area contributed by atoms with E-state index in [0.717, 1.165) is 11.8 Å². The van der Waals surface area contributed by atoms with Crippen molar-refractivity contribution < 1.29 is 19.8 Å². The largest absolute Gasteiger partial charge is 0.502 e. The van der Waals surface area contributed by atoms with E-state index in [9.17, 15) is 14.7 Å². The Morgan fingerprint density at radius 3 is 2.47 bits per heavy atom. The number of thioether (sulfide) groups is 1. The Bertz CT molecular complexity index is 265. The summed E-state index contributed by atoms with van der Waals surface area (Å²) < 4.78 is 0. The minimum absolute atomic E-state index is 0.0779. The first-order valence-corrected chi connectivity index (χ1v) is 5.47. The van der Waals surface area contributed by atoms with Crippen LogP contribution in [0.25, 0.3) is 0 Å². The molecule has 0 heterocycles. The summed E-state index contributed by atoms with van der Waals surface area (Å²) in [7, 11) is 0. The van der Waals surface area contributed by atoms with E-state index in [1.165, 1.54) is 6.92 Å². The fraction of sp³-hybridized carbons (Fsp3) is 0.556. The van der Waals surface area contributed by atoms with Crippen LogP contribution in [0, 0.1) is 0 Å². The average molecular weight is 233 g/mol. The van der Waals surface area contributed by atoms with E-state index in [0.29, 0.717) is 6.42 Å². The zero-order valence-electron chi connectivity index (χ0n) is 8.69. The van der Waals surface area contributed by atoms with Crippen LogP contribution < -0.4 is 5.32 Å². The second-order valence-corrected chi connectivity index (χ2v) is 3.89. The third-order valence-corrected chi connectivity index (χ3v) is 2.41. The lowest BCUT2D eigenvalue weighted by Crippen LogP contribution is -2.41. The van der Waals surface area contributed by atoms with Crippen LogP contribution in [-0.4, -0.2) is 33.9 Å². The number of aliphatic hydroxyl groups excluding tert-OH is 1. The van der Waals surface area contributed by atoms with Gasteiger partial charge in [-0.25, -0.2) is 4.79 Å². The number of carboxylic acid groups (broad SMARTS) is 1. The number of hydrogen-bond acceptors (Lipinski definition) is 4. The van der Waals surface area contributed by atoms with E-state index in [1.54, 1.807) is 6.08 Å². The molecule has 1 atom stereocenters. The highest BCUT2D eigenvalue weighted by Gasteiger charge is 2.18. The SMILES string of the molecule is CC/C=C(\O)SC[C@H](NC(C)=O)C(=O)O. The van der Waals surface area contributed by atoms with Gasteiger partial charge in [0.15, 0.2) is 0 Å². The highest BCUT2D eigenvalue weighted by Crippen LogP contribution is 2.14. The normalized spacial score (nSPS) is 13.3. The van der Waals surface area contributed by atoms with Gasteiger partial charge in [0.1, 0.15) is 11.1 Å². The van der Waals surface area contributed by atoms with Gasteiger partial charge in [0.2, 0.25) is 5.91 Å². The van der Waals surface area contributed by atoms with Gasteiger partial charge in [0.25, 0.3) is 0 Å². The molecule has 0 unspecified atom stereocenters. The van der Waals surface area contributed by atoms with E-state index < -0.39 is 17.9 Å². The Kier molecular flexibility index (Phi) is 6.61. The molecule has 0 aliphatic carbocycles. The molecule has 5 nitrogen and oxygen atoms in total. The maximum absolute atomic E-state index is 10.7. The van der Waals surface area contributed by atoms with E-state index in [-0.39, 0.29) is 10.8 Å². The zero-order valence-corrected chi connectivity index (χ0v) is 9.50. The van der Waals surface area contributed by atoms with Crippen LogP contribution in [0.3, 0.4) is 0 Å². The molecule has 0 radical (unpaired) electrons. The fourth-order valence-corrected chi connectivity index (χ4v) is 1.67. The van der Waals surface area contributed by atoms with Crippen LogP contribution in [-0.2, 0) is 9.59 Å². The molecule has 0 bridgehead atoms. The summed E-state index contributed by atoms with van der Waals surface area (Å²) in [6.07, 6.45) is 2.26. The number of carbonyl (C=O) groups excluding carboxylic acids is 1. The Morgan fingerprint density at radius 1 is 1.47 bits per heavy atom. The van der Waals surface area contributed by atoms with Crippen molar-refractivity contribution in [3.63, 3.8) is 0 Å². The second-order valence-electron chi connectivity index (χ2n) is 2.85. The van der Waals surface area contributed by atoms with Crippen molar-refractivity contribution >= 4 is 23.6 Å². The van der Waals surface area contributed by atoms with Crippen LogP contribution in [0.1, 0.15) is 20.3 Å². The predicted molar refractivity (Wildman–Crippen MR) is 58.7 cm³/mol. The zero-order chi connectivity index (χ0) is 11.8. The highest BCUT2D eigenvalue weighted by molar-refractivity contribution is 8.02. The van der Waals surface area contributed by atoms with Crippen molar-refractivity contribution in [3.8, 4) is 0 Å². The molecule has 0 aliphatic rings. The molecule has 0 aromatic rings. The Labute approximate surface area is 92.6 Å². The van der Waals surface area contributed by atoms with E-state index >= 15 is 0 Å². The summed E-state index contributed by atoms with van der Waals surface area (Å²) in [4.78, 5) is 21.3. The fourth-order valence-electron chi connectivity index (χ4n) is 0.822. The number of aliphatic carboxylic acids is 1. The smallest absolute Gasteiger partial charge is 0.327 e. The van der Waals surface area contributed by atoms with E-state index in [4.69, 9.17) is 5.11 Å². The molecule has 1 amide bonds. The third kappa shape index (κ3) is 6.84. The van der Waals surface area contributed by atoms with Crippen LogP contribution in [0.5, 0.6) is 0 Å². The van der Waals surface area contributed by atoms with Gasteiger partial charge in [0.05, 0.1) is 0 Å². The predicted octanol–water partition coefficient (Wildman–Crippen LogP) is 1.12. The summed E-state index contributed by atoms with van der Waals surface area (Å²) in [5, 5.41) is 20.3. The van der Waals surface area contributed by atoms with Gasteiger partial charge in [-0.3, -0.25) is 4.79 Å². The van der Waals surface area contributed by atoms with Crippen molar-refractivity contribution in [3.05, 3.63) is 11.2 Å². The summed E-state index contributed by atoms with van der Waals surface area (Å²) in [6.45, 7) is 3.11. The Balaban J connectivity index is 4.13. The number of carboxylic acids is 1. The molecule has 0 saturated heterocycles. The average Bonchev–Trinajstić information content (AvgIpc) is 2.11. The van der Waals surface area contributed by atoms with Gasteiger partial charge in [-0.15, -0.1) is 0 Å². The number of allylic oxidation sites excluding steroid dienone is 1. The maximum atomic E-state index is 10.7. The number of carbonyl (C=O) groups is 2. The summed E-state index contributed by atoms with van der Waals surface area (Å²) >= 11 is 1.00. The van der Waals surface area contributed by atoms with Gasteiger partial charge in [0, 0.05) is 12.7 Å². The third-order valence-electron chi connectivity index (χ3n) is 1.45. The minimum atomic E-state index is -1.11. The van der Waals surface area contributed by atoms with Gasteiger partial charge in [-0.1, -0.05) is 18.7 Å². The van der Waals surface area contributed by atoms with E-state index in [1.807, 2.05) is 6.92 Å². The van der Waals surface area contributed by atoms with Crippen molar-refractivity contribution in [2.75, 3.05) is 5.75 Å². The van der Waals surface area contributed by atoms with Crippen LogP contribution in [0.4, 0.5) is 0 Å². The maximum Gasteiger partial charge on any atom is 0.327 e. The molecule has 3 N–H and O–H groups in total. The molecule has 0 rings (SSSR count). The van der Waals surface area contributed by atoms with Gasteiger partial charge in [-0.2, -0.15) is 0 Å². The molecule has 0 aromatic heterocycles. The molecule has 0 spiro atoms. The van der Waals surface area contributed by atoms with Crippen LogP contribution in [0.2, 0.25) is 0 Å². The van der Waals surface area contributed by atoms with Gasteiger partial charge in [-0.05, 0) is 12.5 Å². The molecule has 0 saturated carbocycles. The molecular weight excluding hydrogens is 218 g/mol. The van der Waals surface area contributed by atoms with Crippen molar-refractivity contribution in [2.24, 2.45) is 0 Å². The Hall–Kier alpha value is -1.17. The molecule has 0 aliphatic heterocycles. The second kappa shape index (κ2) is 7.17. The lowest BCUT2D eigenvalue weighted by molar-refractivity contribution is -0.140. The lowest BCUT2D eigenvalue weighted by Gasteiger charge is -2.11. The lowest BCUT2D eigenvalue weighted by atomic mass is 10.3. The van der Waals surface area contributed by atoms with Crippen molar-refractivity contribution in [1.82, 2.24) is 5.32 Å². The van der Waals surface area contributed by atoms with Gasteiger partial charge < -0.3 is 15.5 Å².